The van der Waals surface area contributed by atoms with Gasteiger partial charge in [0.05, 0.1) is 12.8 Å². The average molecular weight is 254 g/mol. The summed E-state index contributed by atoms with van der Waals surface area (Å²) in [6.07, 6.45) is 5.21. The number of terminal acetylenes is 1. The minimum absolute atomic E-state index is 0.000612. The first-order valence-electron chi connectivity index (χ1n) is 6.25. The molecule has 2 unspecified atom stereocenters. The molecule has 0 aromatic heterocycles. The number of carbonyl (C=O) groups is 2. The van der Waals surface area contributed by atoms with Crippen LogP contribution < -0.4 is 0 Å². The molecular formula is C14H22O4. The maximum Gasteiger partial charge on any atom is 0.307 e. The molecule has 0 aromatic rings. The Morgan fingerprint density at radius 1 is 1.11 bits per heavy atom. The standard InChI is InChI=1S/C14H22O4/c1-6-11(5)17-13(15)8-9-14(16)18-12(7-2)10(3)4/h1,10-12H,7-9H2,2-5H3. The summed E-state index contributed by atoms with van der Waals surface area (Å²) in [6, 6.07) is 0. The lowest BCUT2D eigenvalue weighted by atomic mass is 10.1. The van der Waals surface area contributed by atoms with Gasteiger partial charge in [-0.25, -0.2) is 0 Å². The van der Waals surface area contributed by atoms with Crippen molar-refractivity contribution in [1.82, 2.24) is 0 Å². The molecule has 0 amide bonds. The summed E-state index contributed by atoms with van der Waals surface area (Å²) in [4.78, 5) is 22.8. The second-order valence-electron chi connectivity index (χ2n) is 4.48. The normalized spacial score (nSPS) is 13.6. The van der Waals surface area contributed by atoms with Gasteiger partial charge in [-0.05, 0) is 19.3 Å². The number of hydrogen-bond donors (Lipinski definition) is 0. The SMILES string of the molecule is C#CC(C)OC(=O)CCC(=O)OC(CC)C(C)C. The average Bonchev–Trinajstić information content (AvgIpc) is 2.32. The van der Waals surface area contributed by atoms with Crippen LogP contribution in [0.3, 0.4) is 0 Å². The van der Waals surface area contributed by atoms with Gasteiger partial charge >= 0.3 is 11.9 Å². The predicted molar refractivity (Wildman–Crippen MR) is 68.6 cm³/mol. The quantitative estimate of drug-likeness (QED) is 0.517. The fourth-order valence-corrected chi connectivity index (χ4v) is 1.41. The van der Waals surface area contributed by atoms with Crippen LogP contribution in [0.5, 0.6) is 0 Å². The number of ether oxygens (including phenoxy) is 2. The van der Waals surface area contributed by atoms with Crippen LogP contribution >= 0.6 is 0 Å². The van der Waals surface area contributed by atoms with E-state index in [1.807, 2.05) is 20.8 Å². The Bertz CT molecular complexity index is 314. The molecule has 2 atom stereocenters. The maximum atomic E-state index is 11.5. The van der Waals surface area contributed by atoms with E-state index in [9.17, 15) is 9.59 Å². The highest BCUT2D eigenvalue weighted by atomic mass is 16.5. The molecule has 0 aliphatic carbocycles. The van der Waals surface area contributed by atoms with Crippen molar-refractivity contribution in [3.63, 3.8) is 0 Å². The number of rotatable bonds is 7. The van der Waals surface area contributed by atoms with Gasteiger partial charge in [0.2, 0.25) is 0 Å². The van der Waals surface area contributed by atoms with E-state index < -0.39 is 12.1 Å². The molecule has 0 saturated heterocycles. The van der Waals surface area contributed by atoms with Crippen LogP contribution in [-0.4, -0.2) is 24.1 Å². The molecule has 0 aliphatic rings. The summed E-state index contributed by atoms with van der Waals surface area (Å²) in [5.74, 6) is 1.70. The third-order valence-electron chi connectivity index (χ3n) is 2.50. The Hall–Kier alpha value is -1.50. The fraction of sp³-hybridized carbons (Fsp3) is 0.714. The van der Waals surface area contributed by atoms with E-state index in [-0.39, 0.29) is 30.8 Å². The zero-order chi connectivity index (χ0) is 14.1. The number of hydrogen-bond acceptors (Lipinski definition) is 4. The van der Waals surface area contributed by atoms with Crippen molar-refractivity contribution in [1.29, 1.82) is 0 Å². The van der Waals surface area contributed by atoms with Gasteiger partial charge in [0, 0.05) is 0 Å². The van der Waals surface area contributed by atoms with E-state index in [0.29, 0.717) is 0 Å². The molecule has 18 heavy (non-hydrogen) atoms. The molecule has 0 rings (SSSR count). The second kappa shape index (κ2) is 8.57. The Morgan fingerprint density at radius 2 is 1.61 bits per heavy atom. The minimum Gasteiger partial charge on any atom is -0.462 e. The van der Waals surface area contributed by atoms with Gasteiger partial charge in [-0.3, -0.25) is 9.59 Å². The summed E-state index contributed by atoms with van der Waals surface area (Å²) >= 11 is 0. The van der Waals surface area contributed by atoms with Crippen LogP contribution in [-0.2, 0) is 19.1 Å². The molecule has 0 bridgehead atoms. The van der Waals surface area contributed by atoms with Gasteiger partial charge in [-0.15, -0.1) is 6.42 Å². The molecular weight excluding hydrogens is 232 g/mol. The van der Waals surface area contributed by atoms with Crippen LogP contribution in [0, 0.1) is 18.3 Å². The third-order valence-corrected chi connectivity index (χ3v) is 2.50. The van der Waals surface area contributed by atoms with Crippen molar-refractivity contribution in [2.45, 2.75) is 59.2 Å². The van der Waals surface area contributed by atoms with E-state index in [1.165, 1.54) is 0 Å². The van der Waals surface area contributed by atoms with Crippen molar-refractivity contribution in [3.05, 3.63) is 0 Å². The third kappa shape index (κ3) is 6.95. The summed E-state index contributed by atoms with van der Waals surface area (Å²) in [5.41, 5.74) is 0. The molecule has 0 saturated carbocycles. The van der Waals surface area contributed by atoms with Gasteiger partial charge in [0.25, 0.3) is 0 Å². The Morgan fingerprint density at radius 3 is 2.00 bits per heavy atom. The van der Waals surface area contributed by atoms with Crippen LogP contribution in [0.4, 0.5) is 0 Å². The van der Waals surface area contributed by atoms with Crippen molar-refractivity contribution in [2.75, 3.05) is 0 Å². The number of carbonyl (C=O) groups excluding carboxylic acids is 2. The molecule has 4 heteroatoms. The maximum absolute atomic E-state index is 11.5. The lowest BCUT2D eigenvalue weighted by molar-refractivity contribution is -0.156. The highest BCUT2D eigenvalue weighted by Crippen LogP contribution is 2.12. The van der Waals surface area contributed by atoms with Gasteiger partial charge in [0.1, 0.15) is 6.10 Å². The Balaban J connectivity index is 3.97. The summed E-state index contributed by atoms with van der Waals surface area (Å²) in [6.45, 7) is 7.54. The molecule has 0 fully saturated rings. The lowest BCUT2D eigenvalue weighted by Gasteiger charge is -2.19. The van der Waals surface area contributed by atoms with Gasteiger partial charge in [-0.1, -0.05) is 26.7 Å². The monoisotopic (exact) mass is 254 g/mol. The highest BCUT2D eigenvalue weighted by molar-refractivity contribution is 5.77. The smallest absolute Gasteiger partial charge is 0.307 e. The van der Waals surface area contributed by atoms with Gasteiger partial charge in [-0.2, -0.15) is 0 Å². The van der Waals surface area contributed by atoms with Gasteiger partial charge in [0.15, 0.2) is 6.10 Å². The van der Waals surface area contributed by atoms with Crippen molar-refractivity contribution >= 4 is 11.9 Å². The zero-order valence-electron chi connectivity index (χ0n) is 11.6. The van der Waals surface area contributed by atoms with E-state index in [2.05, 4.69) is 5.92 Å². The largest absolute Gasteiger partial charge is 0.462 e. The predicted octanol–water partition coefficient (Wildman–Crippen LogP) is 2.31. The van der Waals surface area contributed by atoms with Gasteiger partial charge < -0.3 is 9.47 Å². The van der Waals surface area contributed by atoms with E-state index >= 15 is 0 Å². The minimum atomic E-state index is -0.562. The second-order valence-corrected chi connectivity index (χ2v) is 4.48. The number of esters is 2. The molecule has 4 nitrogen and oxygen atoms in total. The van der Waals surface area contributed by atoms with E-state index in [4.69, 9.17) is 15.9 Å². The van der Waals surface area contributed by atoms with Crippen molar-refractivity contribution < 1.29 is 19.1 Å². The fourth-order valence-electron chi connectivity index (χ4n) is 1.41. The molecule has 0 aromatic carbocycles. The summed E-state index contributed by atoms with van der Waals surface area (Å²) < 4.78 is 10.1. The van der Waals surface area contributed by atoms with Crippen molar-refractivity contribution in [2.24, 2.45) is 5.92 Å². The van der Waals surface area contributed by atoms with Crippen LogP contribution in [0.2, 0.25) is 0 Å². The molecule has 0 radical (unpaired) electrons. The Kier molecular flexibility index (Phi) is 7.86. The van der Waals surface area contributed by atoms with Crippen molar-refractivity contribution in [3.8, 4) is 12.3 Å². The first-order valence-corrected chi connectivity index (χ1v) is 6.25. The van der Waals surface area contributed by atoms with E-state index in [0.717, 1.165) is 6.42 Å². The molecule has 0 heterocycles. The van der Waals surface area contributed by atoms with Crippen LogP contribution in [0.1, 0.15) is 47.0 Å². The molecule has 0 N–H and O–H groups in total. The molecule has 0 spiro atoms. The highest BCUT2D eigenvalue weighted by Gasteiger charge is 2.17. The topological polar surface area (TPSA) is 52.6 Å². The molecule has 0 aliphatic heterocycles. The first-order chi connectivity index (χ1) is 8.40. The summed E-state index contributed by atoms with van der Waals surface area (Å²) in [7, 11) is 0. The van der Waals surface area contributed by atoms with Crippen LogP contribution in [0.25, 0.3) is 0 Å². The van der Waals surface area contributed by atoms with Crippen LogP contribution in [0.15, 0.2) is 0 Å². The molecule has 102 valence electrons. The zero-order valence-corrected chi connectivity index (χ0v) is 11.6. The lowest BCUT2D eigenvalue weighted by Crippen LogP contribution is -2.23. The van der Waals surface area contributed by atoms with E-state index in [1.54, 1.807) is 6.92 Å². The first kappa shape index (κ1) is 16.5. The summed E-state index contributed by atoms with van der Waals surface area (Å²) in [5, 5.41) is 0. The Labute approximate surface area is 109 Å².